The minimum absolute atomic E-state index is 0.234. The number of hydrogen-bond donors (Lipinski definition) is 1. The number of sulfonamides is 1. The molecule has 0 aliphatic rings. The van der Waals surface area contributed by atoms with Gasteiger partial charge in [-0.3, -0.25) is 4.72 Å². The lowest BCUT2D eigenvalue weighted by molar-refractivity contribution is 0.433. The molecule has 7 heteroatoms. The monoisotopic (exact) mass is 334 g/mol. The Balaban J connectivity index is 1.90. The van der Waals surface area contributed by atoms with Crippen molar-refractivity contribution in [3.05, 3.63) is 53.7 Å². The van der Waals surface area contributed by atoms with Gasteiger partial charge < -0.3 is 4.52 Å². The molecule has 0 saturated heterocycles. The van der Waals surface area contributed by atoms with E-state index >= 15 is 0 Å². The Bertz CT molecular complexity index is 877. The molecule has 0 aliphatic heterocycles. The summed E-state index contributed by atoms with van der Waals surface area (Å²) < 4.78 is 32.8. The standard InChI is InChI=1S/C15H14N2O3S2/c1-10-7-11(2)9-12(8-10)17-22(18,19)15-4-3-14(21-15)13-5-6-16-20-13/h3-9,17H,1-2H3. The third-order valence-electron chi connectivity index (χ3n) is 3.00. The molecule has 0 aliphatic carbocycles. The van der Waals surface area contributed by atoms with Gasteiger partial charge in [0.1, 0.15) is 4.21 Å². The second kappa shape index (κ2) is 5.58. The van der Waals surface area contributed by atoms with Gasteiger partial charge in [-0.2, -0.15) is 0 Å². The first-order chi connectivity index (χ1) is 10.4. The van der Waals surface area contributed by atoms with Gasteiger partial charge in [0.15, 0.2) is 5.76 Å². The Hall–Kier alpha value is -2.12. The zero-order chi connectivity index (χ0) is 15.7. The van der Waals surface area contributed by atoms with Gasteiger partial charge in [-0.25, -0.2) is 8.42 Å². The molecule has 0 spiro atoms. The van der Waals surface area contributed by atoms with Crippen LogP contribution in [0.3, 0.4) is 0 Å². The summed E-state index contributed by atoms with van der Waals surface area (Å²) >= 11 is 1.14. The number of anilines is 1. The van der Waals surface area contributed by atoms with Gasteiger partial charge in [0, 0.05) is 11.8 Å². The normalized spacial score (nSPS) is 11.5. The van der Waals surface area contributed by atoms with E-state index in [1.54, 1.807) is 30.3 Å². The van der Waals surface area contributed by atoms with E-state index in [2.05, 4.69) is 9.88 Å². The minimum Gasteiger partial charge on any atom is -0.355 e. The first kappa shape index (κ1) is 14.8. The second-order valence-corrected chi connectivity index (χ2v) is 7.97. The van der Waals surface area contributed by atoms with Gasteiger partial charge in [-0.05, 0) is 49.2 Å². The average Bonchev–Trinajstić information content (AvgIpc) is 3.08. The zero-order valence-corrected chi connectivity index (χ0v) is 13.7. The van der Waals surface area contributed by atoms with Gasteiger partial charge in [0.2, 0.25) is 0 Å². The van der Waals surface area contributed by atoms with Crippen LogP contribution in [0.25, 0.3) is 10.6 Å². The molecule has 3 rings (SSSR count). The first-order valence-corrected chi connectivity index (χ1v) is 8.86. The minimum atomic E-state index is -3.61. The average molecular weight is 334 g/mol. The van der Waals surface area contributed by atoms with Crippen LogP contribution in [-0.4, -0.2) is 13.6 Å². The van der Waals surface area contributed by atoms with Crippen molar-refractivity contribution in [2.24, 2.45) is 0 Å². The van der Waals surface area contributed by atoms with Crippen molar-refractivity contribution < 1.29 is 12.9 Å². The number of thiophene rings is 1. The van der Waals surface area contributed by atoms with E-state index in [-0.39, 0.29) is 4.21 Å². The fourth-order valence-electron chi connectivity index (χ4n) is 2.18. The van der Waals surface area contributed by atoms with Gasteiger partial charge in [-0.15, -0.1) is 11.3 Å². The van der Waals surface area contributed by atoms with E-state index in [1.807, 2.05) is 19.9 Å². The predicted octanol–water partition coefficient (Wildman–Crippen LogP) is 3.82. The molecule has 0 atom stereocenters. The number of benzene rings is 1. The molecule has 0 bridgehead atoms. The number of nitrogens with one attached hydrogen (secondary N) is 1. The molecule has 5 nitrogen and oxygen atoms in total. The van der Waals surface area contributed by atoms with Gasteiger partial charge in [-0.1, -0.05) is 11.2 Å². The SMILES string of the molecule is Cc1cc(C)cc(NS(=O)(=O)c2ccc(-c3ccno3)s2)c1. The van der Waals surface area contributed by atoms with Crippen molar-refractivity contribution in [2.75, 3.05) is 4.72 Å². The highest BCUT2D eigenvalue weighted by Crippen LogP contribution is 2.31. The lowest BCUT2D eigenvalue weighted by Gasteiger charge is -2.08. The molecule has 2 heterocycles. The quantitative estimate of drug-likeness (QED) is 0.787. The molecule has 3 aromatic rings. The highest BCUT2D eigenvalue weighted by atomic mass is 32.2. The number of aromatic nitrogens is 1. The van der Waals surface area contributed by atoms with Crippen LogP contribution >= 0.6 is 11.3 Å². The molecule has 0 unspecified atom stereocenters. The molecule has 0 amide bonds. The van der Waals surface area contributed by atoms with Gasteiger partial charge >= 0.3 is 0 Å². The Morgan fingerprint density at radius 2 is 1.82 bits per heavy atom. The lowest BCUT2D eigenvalue weighted by Crippen LogP contribution is -2.11. The molecule has 22 heavy (non-hydrogen) atoms. The Morgan fingerprint density at radius 1 is 1.09 bits per heavy atom. The fraction of sp³-hybridized carbons (Fsp3) is 0.133. The molecular formula is C15H14N2O3S2. The maximum Gasteiger partial charge on any atom is 0.271 e. The third-order valence-corrected chi connectivity index (χ3v) is 5.97. The molecule has 2 aromatic heterocycles. The van der Waals surface area contributed by atoms with Crippen molar-refractivity contribution in [3.63, 3.8) is 0 Å². The number of rotatable bonds is 4. The van der Waals surface area contributed by atoms with Gasteiger partial charge in [0.25, 0.3) is 10.0 Å². The van der Waals surface area contributed by atoms with Crippen LogP contribution in [0, 0.1) is 13.8 Å². The van der Waals surface area contributed by atoms with Crippen LogP contribution in [0.4, 0.5) is 5.69 Å². The van der Waals surface area contributed by atoms with Gasteiger partial charge in [0.05, 0.1) is 11.1 Å². The zero-order valence-electron chi connectivity index (χ0n) is 12.0. The highest BCUT2D eigenvalue weighted by Gasteiger charge is 2.18. The van der Waals surface area contributed by atoms with E-state index in [0.29, 0.717) is 11.4 Å². The summed E-state index contributed by atoms with van der Waals surface area (Å²) in [7, 11) is -3.61. The van der Waals surface area contributed by atoms with Crippen molar-refractivity contribution in [1.29, 1.82) is 0 Å². The molecule has 1 aromatic carbocycles. The Labute approximate surface area is 132 Å². The van der Waals surface area contributed by atoms with E-state index in [4.69, 9.17) is 4.52 Å². The first-order valence-electron chi connectivity index (χ1n) is 6.56. The summed E-state index contributed by atoms with van der Waals surface area (Å²) in [6, 6.07) is 10.6. The number of aryl methyl sites for hydroxylation is 2. The van der Waals surface area contributed by atoms with Crippen LogP contribution < -0.4 is 4.72 Å². The third kappa shape index (κ3) is 3.05. The molecule has 114 valence electrons. The predicted molar refractivity (Wildman–Crippen MR) is 86.5 cm³/mol. The van der Waals surface area contributed by atoms with Crippen LogP contribution in [0.5, 0.6) is 0 Å². The fourth-order valence-corrected chi connectivity index (χ4v) is 4.48. The van der Waals surface area contributed by atoms with Crippen molar-refractivity contribution in [2.45, 2.75) is 18.1 Å². The second-order valence-electron chi connectivity index (χ2n) is 4.98. The molecule has 0 saturated carbocycles. The van der Waals surface area contributed by atoms with Crippen LogP contribution in [0.15, 0.2) is 51.3 Å². The Morgan fingerprint density at radius 3 is 2.45 bits per heavy atom. The topological polar surface area (TPSA) is 72.2 Å². The summed E-state index contributed by atoms with van der Waals surface area (Å²) in [5.74, 6) is 0.554. The summed E-state index contributed by atoms with van der Waals surface area (Å²) in [4.78, 5) is 0.721. The van der Waals surface area contributed by atoms with E-state index in [9.17, 15) is 8.42 Å². The van der Waals surface area contributed by atoms with E-state index < -0.39 is 10.0 Å². The maximum atomic E-state index is 12.5. The largest absolute Gasteiger partial charge is 0.355 e. The van der Waals surface area contributed by atoms with Crippen molar-refractivity contribution in [1.82, 2.24) is 5.16 Å². The number of nitrogens with zero attached hydrogens (tertiary/aromatic N) is 1. The van der Waals surface area contributed by atoms with Crippen LogP contribution in [-0.2, 0) is 10.0 Å². The van der Waals surface area contributed by atoms with Crippen LogP contribution in [0.2, 0.25) is 0 Å². The van der Waals surface area contributed by atoms with E-state index in [0.717, 1.165) is 27.3 Å². The highest BCUT2D eigenvalue weighted by molar-refractivity contribution is 7.94. The summed E-state index contributed by atoms with van der Waals surface area (Å²) in [5, 5.41) is 3.62. The Kier molecular flexibility index (Phi) is 3.76. The maximum absolute atomic E-state index is 12.5. The summed E-state index contributed by atoms with van der Waals surface area (Å²) in [5.41, 5.74) is 2.57. The molecule has 1 N–H and O–H groups in total. The molecular weight excluding hydrogens is 320 g/mol. The van der Waals surface area contributed by atoms with Crippen molar-refractivity contribution in [3.8, 4) is 10.6 Å². The van der Waals surface area contributed by atoms with Crippen LogP contribution in [0.1, 0.15) is 11.1 Å². The lowest BCUT2D eigenvalue weighted by atomic mass is 10.1. The summed E-state index contributed by atoms with van der Waals surface area (Å²) in [6.45, 7) is 3.86. The molecule has 0 fully saturated rings. The molecule has 0 radical (unpaired) electrons. The summed E-state index contributed by atoms with van der Waals surface area (Å²) in [6.07, 6.45) is 1.52. The van der Waals surface area contributed by atoms with E-state index in [1.165, 1.54) is 6.20 Å². The smallest absolute Gasteiger partial charge is 0.271 e. The number of hydrogen-bond acceptors (Lipinski definition) is 5. The van der Waals surface area contributed by atoms with Crippen molar-refractivity contribution >= 4 is 27.0 Å².